The fraction of sp³-hybridized carbons (Fsp3) is 0.0909. The first-order valence-electron chi connectivity index (χ1n) is 4.47. The number of ketones is 1. The van der Waals surface area contributed by atoms with Crippen molar-refractivity contribution >= 4 is 5.78 Å². The van der Waals surface area contributed by atoms with E-state index in [1.165, 1.54) is 0 Å². The van der Waals surface area contributed by atoms with Crippen LogP contribution in [0.4, 0.5) is 0 Å². The van der Waals surface area contributed by atoms with E-state index in [9.17, 15) is 4.79 Å². The van der Waals surface area contributed by atoms with E-state index in [0.717, 1.165) is 16.9 Å². The zero-order valence-electron chi connectivity index (χ0n) is 7.69. The summed E-state index contributed by atoms with van der Waals surface area (Å²) in [4.78, 5) is 16.0. The summed E-state index contributed by atoms with van der Waals surface area (Å²) in [6, 6.07) is 7.57. The lowest BCUT2D eigenvalue weighted by molar-refractivity contribution is 0.103. The largest absolute Gasteiger partial charge is 0.296 e. The number of hydrogen-bond acceptors (Lipinski definition) is 2. The number of nitrogens with zero attached hydrogens (tertiary/aromatic N) is 2. The van der Waals surface area contributed by atoms with Crippen LogP contribution in [0.1, 0.15) is 21.9 Å². The van der Waals surface area contributed by atoms with Crippen molar-refractivity contribution in [1.82, 2.24) is 9.55 Å². The summed E-state index contributed by atoms with van der Waals surface area (Å²) in [6.07, 6.45) is 1.89. The molecule has 0 atom stereocenters. The lowest BCUT2D eigenvalue weighted by Crippen LogP contribution is -1.97. The molecule has 68 valence electrons. The second-order valence-electron chi connectivity index (χ2n) is 3.42. The van der Waals surface area contributed by atoms with Crippen molar-refractivity contribution in [1.29, 1.82) is 0 Å². The molecule has 2 heterocycles. The van der Waals surface area contributed by atoms with Gasteiger partial charge in [0.15, 0.2) is 5.82 Å². The SMILES string of the molecule is Cc1cn2c(n1)C(=O)c1ccccc1-2. The number of aromatic nitrogens is 2. The van der Waals surface area contributed by atoms with Crippen LogP contribution >= 0.6 is 0 Å². The van der Waals surface area contributed by atoms with E-state index >= 15 is 0 Å². The Hall–Kier alpha value is -1.90. The third kappa shape index (κ3) is 0.763. The van der Waals surface area contributed by atoms with Crippen molar-refractivity contribution in [3.8, 4) is 5.69 Å². The van der Waals surface area contributed by atoms with Crippen LogP contribution in [0.25, 0.3) is 5.69 Å². The van der Waals surface area contributed by atoms with E-state index in [1.54, 1.807) is 0 Å². The van der Waals surface area contributed by atoms with Gasteiger partial charge < -0.3 is 0 Å². The van der Waals surface area contributed by atoms with Gasteiger partial charge in [0, 0.05) is 11.8 Å². The average Bonchev–Trinajstić information content (AvgIpc) is 2.68. The highest BCUT2D eigenvalue weighted by atomic mass is 16.1. The van der Waals surface area contributed by atoms with Gasteiger partial charge in [-0.1, -0.05) is 12.1 Å². The summed E-state index contributed by atoms with van der Waals surface area (Å²) in [6.45, 7) is 1.89. The number of fused-ring (bicyclic) bond motifs is 3. The molecule has 0 bridgehead atoms. The summed E-state index contributed by atoms with van der Waals surface area (Å²) in [5.41, 5.74) is 2.56. The maximum Gasteiger partial charge on any atom is 0.230 e. The minimum Gasteiger partial charge on any atom is -0.296 e. The van der Waals surface area contributed by atoms with Crippen LogP contribution in [-0.4, -0.2) is 15.3 Å². The molecule has 0 spiro atoms. The molecule has 3 rings (SSSR count). The Labute approximate surface area is 81.0 Å². The van der Waals surface area contributed by atoms with Gasteiger partial charge in [0.1, 0.15) is 0 Å². The summed E-state index contributed by atoms with van der Waals surface area (Å²) in [5, 5.41) is 0. The molecule has 0 N–H and O–H groups in total. The molecular weight excluding hydrogens is 176 g/mol. The standard InChI is InChI=1S/C11H8N2O/c1-7-6-13-9-5-3-2-4-8(9)10(14)11(13)12-7/h2-6H,1H3. The first-order valence-corrected chi connectivity index (χ1v) is 4.47. The molecule has 0 aliphatic carbocycles. The van der Waals surface area contributed by atoms with Crippen LogP contribution in [0.3, 0.4) is 0 Å². The molecule has 0 saturated heterocycles. The third-order valence-corrected chi connectivity index (χ3v) is 2.44. The van der Waals surface area contributed by atoms with Crippen molar-refractivity contribution in [3.63, 3.8) is 0 Å². The minimum absolute atomic E-state index is 0.0219. The Morgan fingerprint density at radius 3 is 2.93 bits per heavy atom. The van der Waals surface area contributed by atoms with Crippen molar-refractivity contribution in [2.45, 2.75) is 6.92 Å². The van der Waals surface area contributed by atoms with Crippen LogP contribution in [0, 0.1) is 6.92 Å². The number of hydrogen-bond donors (Lipinski definition) is 0. The second kappa shape index (κ2) is 2.32. The summed E-state index contributed by atoms with van der Waals surface area (Å²) in [5.74, 6) is 0.553. The fourth-order valence-corrected chi connectivity index (χ4v) is 1.84. The Bertz CT molecular complexity index is 540. The van der Waals surface area contributed by atoms with Crippen LogP contribution in [0.15, 0.2) is 30.5 Å². The van der Waals surface area contributed by atoms with Gasteiger partial charge in [0.2, 0.25) is 5.78 Å². The number of para-hydroxylation sites is 1. The normalized spacial score (nSPS) is 12.8. The van der Waals surface area contributed by atoms with Crippen LogP contribution in [-0.2, 0) is 0 Å². The molecule has 3 nitrogen and oxygen atoms in total. The molecule has 0 saturated carbocycles. The maximum atomic E-state index is 11.8. The van der Waals surface area contributed by atoms with Crippen molar-refractivity contribution in [2.24, 2.45) is 0 Å². The highest BCUT2D eigenvalue weighted by molar-refractivity contribution is 6.12. The fourth-order valence-electron chi connectivity index (χ4n) is 1.84. The van der Waals surface area contributed by atoms with Crippen LogP contribution in [0.2, 0.25) is 0 Å². The Morgan fingerprint density at radius 2 is 2.07 bits per heavy atom. The topological polar surface area (TPSA) is 34.9 Å². The molecule has 1 aliphatic rings. The van der Waals surface area contributed by atoms with Gasteiger partial charge in [0.25, 0.3) is 0 Å². The van der Waals surface area contributed by atoms with E-state index in [1.807, 2.05) is 42.0 Å². The van der Waals surface area contributed by atoms with Crippen LogP contribution in [0.5, 0.6) is 0 Å². The highest BCUT2D eigenvalue weighted by Gasteiger charge is 2.27. The summed E-state index contributed by atoms with van der Waals surface area (Å²) in [7, 11) is 0. The number of benzene rings is 1. The highest BCUT2D eigenvalue weighted by Crippen LogP contribution is 2.26. The Morgan fingerprint density at radius 1 is 1.29 bits per heavy atom. The van der Waals surface area contributed by atoms with Gasteiger partial charge >= 0.3 is 0 Å². The molecule has 1 aliphatic heterocycles. The number of rotatable bonds is 0. The van der Waals surface area contributed by atoms with Gasteiger partial charge in [-0.25, -0.2) is 4.98 Å². The number of imidazole rings is 1. The molecule has 0 fully saturated rings. The molecule has 14 heavy (non-hydrogen) atoms. The van der Waals surface area contributed by atoms with Crippen molar-refractivity contribution < 1.29 is 4.79 Å². The van der Waals surface area contributed by atoms with E-state index in [0.29, 0.717) is 5.82 Å². The van der Waals surface area contributed by atoms with Gasteiger partial charge in [0.05, 0.1) is 11.4 Å². The van der Waals surface area contributed by atoms with E-state index in [-0.39, 0.29) is 5.78 Å². The minimum atomic E-state index is 0.0219. The predicted molar refractivity (Wildman–Crippen MR) is 51.7 cm³/mol. The van der Waals surface area contributed by atoms with Crippen LogP contribution < -0.4 is 0 Å². The first kappa shape index (κ1) is 7.50. The lowest BCUT2D eigenvalue weighted by Gasteiger charge is -1.97. The molecule has 2 aromatic rings. The molecule has 1 aromatic heterocycles. The molecule has 0 radical (unpaired) electrons. The molecule has 0 amide bonds. The average molecular weight is 184 g/mol. The lowest BCUT2D eigenvalue weighted by atomic mass is 10.1. The number of carbonyl (C=O) groups excluding carboxylic acids is 1. The predicted octanol–water partition coefficient (Wildman–Crippen LogP) is 1.73. The van der Waals surface area contributed by atoms with Gasteiger partial charge in [-0.05, 0) is 19.1 Å². The van der Waals surface area contributed by atoms with Gasteiger partial charge in [-0.2, -0.15) is 0 Å². The number of aryl methyl sites for hydroxylation is 1. The summed E-state index contributed by atoms with van der Waals surface area (Å²) >= 11 is 0. The van der Waals surface area contributed by atoms with E-state index in [4.69, 9.17) is 0 Å². The zero-order chi connectivity index (χ0) is 9.71. The van der Waals surface area contributed by atoms with Gasteiger partial charge in [-0.3, -0.25) is 9.36 Å². The zero-order valence-corrected chi connectivity index (χ0v) is 7.69. The first-order chi connectivity index (χ1) is 6.77. The molecule has 3 heteroatoms. The second-order valence-corrected chi connectivity index (χ2v) is 3.42. The van der Waals surface area contributed by atoms with E-state index in [2.05, 4.69) is 4.98 Å². The monoisotopic (exact) mass is 184 g/mol. The van der Waals surface area contributed by atoms with Gasteiger partial charge in [-0.15, -0.1) is 0 Å². The molecule has 1 aromatic carbocycles. The quantitative estimate of drug-likeness (QED) is 0.533. The molecular formula is C11H8N2O. The Kier molecular flexibility index (Phi) is 1.24. The third-order valence-electron chi connectivity index (χ3n) is 2.44. The summed E-state index contributed by atoms with van der Waals surface area (Å²) < 4.78 is 1.85. The Balaban J connectivity index is 2.39. The molecule has 0 unspecified atom stereocenters. The van der Waals surface area contributed by atoms with Crippen molar-refractivity contribution in [3.05, 3.63) is 47.5 Å². The van der Waals surface area contributed by atoms with E-state index < -0.39 is 0 Å². The smallest absolute Gasteiger partial charge is 0.230 e. The van der Waals surface area contributed by atoms with Crippen molar-refractivity contribution in [2.75, 3.05) is 0 Å². The number of carbonyl (C=O) groups is 1. The maximum absolute atomic E-state index is 11.8.